The molecule has 1 aromatic heterocycles. The van der Waals surface area contributed by atoms with Crippen LogP contribution in [-0.4, -0.2) is 0 Å². The molecule has 0 saturated carbocycles. The minimum Gasteiger partial charge on any atom is -0.464 e. The second-order valence-corrected chi connectivity index (χ2v) is 11.5. The molecule has 0 saturated heterocycles. The van der Waals surface area contributed by atoms with Gasteiger partial charge in [-0.25, -0.2) is 0 Å². The van der Waals surface area contributed by atoms with Crippen molar-refractivity contribution in [1.82, 2.24) is 0 Å². The Labute approximate surface area is 218 Å². The third-order valence-corrected chi connectivity index (χ3v) is 9.44. The monoisotopic (exact) mass is 498 g/mol. The summed E-state index contributed by atoms with van der Waals surface area (Å²) < 4.78 is 21.2. The molecular weight excluding hydrogens is 471 g/mol. The first-order valence-corrected chi connectivity index (χ1v) is 13.8. The number of benzene rings is 4. The molecule has 5 aromatic rings. The Hall–Kier alpha value is -4.39. The summed E-state index contributed by atoms with van der Waals surface area (Å²) in [7, 11) is -3.38. The van der Waals surface area contributed by atoms with Gasteiger partial charge in [-0.3, -0.25) is 0 Å². The van der Waals surface area contributed by atoms with Gasteiger partial charge in [-0.1, -0.05) is 134 Å². The molecule has 3 heteroatoms. The van der Waals surface area contributed by atoms with E-state index in [0.717, 1.165) is 27.3 Å². The minimum atomic E-state index is -3.38. The van der Waals surface area contributed by atoms with E-state index in [4.69, 9.17) is 4.42 Å². The minimum absolute atomic E-state index is 0.508. The molecule has 0 bridgehead atoms. The molecule has 0 radical (unpaired) electrons. The first-order chi connectivity index (χ1) is 18.1. The molecule has 0 N–H and O–H groups in total. The highest BCUT2D eigenvalue weighted by Gasteiger charge is 2.35. The van der Waals surface area contributed by atoms with Crippen LogP contribution in [-0.2, 0) is 4.57 Å². The standard InChI is InChI=1S/C34H27O2P/c1-26(32-24-15-25-36-32)33(34(28-16-7-3-8-17-28)29-18-9-4-10-19-29)27(2)37(35,30-20-11-5-12-21-30)31-22-13-6-14-23-31/h3-25H,1-2H2. The lowest BCUT2D eigenvalue weighted by Crippen LogP contribution is -2.18. The summed E-state index contributed by atoms with van der Waals surface area (Å²) in [4.78, 5) is 0. The quantitative estimate of drug-likeness (QED) is 0.159. The molecule has 5 rings (SSSR count). The maximum atomic E-state index is 15.4. The SMILES string of the molecule is C=C(C(C(=C)P(=O)(c1ccccc1)c1ccccc1)=C(c1ccccc1)c1ccccc1)c1ccco1. The zero-order valence-corrected chi connectivity index (χ0v) is 21.4. The maximum Gasteiger partial charge on any atom is 0.171 e. The van der Waals surface area contributed by atoms with Gasteiger partial charge in [0.05, 0.1) is 6.26 Å². The second-order valence-electron chi connectivity index (χ2n) is 8.66. The van der Waals surface area contributed by atoms with E-state index in [1.54, 1.807) is 6.26 Å². The van der Waals surface area contributed by atoms with E-state index in [1.807, 2.05) is 109 Å². The molecule has 0 amide bonds. The van der Waals surface area contributed by atoms with Crippen molar-refractivity contribution in [1.29, 1.82) is 0 Å². The summed E-state index contributed by atoms with van der Waals surface area (Å²) >= 11 is 0. The molecule has 0 aliphatic heterocycles. The van der Waals surface area contributed by atoms with E-state index in [2.05, 4.69) is 37.4 Å². The largest absolute Gasteiger partial charge is 0.464 e. The molecule has 2 nitrogen and oxygen atoms in total. The van der Waals surface area contributed by atoms with E-state index in [1.165, 1.54) is 0 Å². The Morgan fingerprint density at radius 3 is 1.41 bits per heavy atom. The lowest BCUT2D eigenvalue weighted by atomic mass is 9.89. The van der Waals surface area contributed by atoms with Crippen LogP contribution >= 0.6 is 7.14 Å². The highest BCUT2D eigenvalue weighted by molar-refractivity contribution is 7.82. The molecule has 0 aliphatic carbocycles. The van der Waals surface area contributed by atoms with Crippen LogP contribution in [0.15, 0.2) is 168 Å². The van der Waals surface area contributed by atoms with Crippen molar-refractivity contribution in [2.45, 2.75) is 0 Å². The highest BCUT2D eigenvalue weighted by Crippen LogP contribution is 2.57. The smallest absolute Gasteiger partial charge is 0.171 e. The van der Waals surface area contributed by atoms with Crippen LogP contribution < -0.4 is 10.6 Å². The molecule has 0 spiro atoms. The van der Waals surface area contributed by atoms with Crippen LogP contribution in [0.25, 0.3) is 11.1 Å². The van der Waals surface area contributed by atoms with E-state index in [0.29, 0.717) is 22.2 Å². The fraction of sp³-hybridized carbons (Fsp3) is 0. The summed E-state index contributed by atoms with van der Waals surface area (Å²) in [6, 6.07) is 43.1. The topological polar surface area (TPSA) is 30.2 Å². The molecule has 180 valence electrons. The number of hydrogen-bond donors (Lipinski definition) is 0. The van der Waals surface area contributed by atoms with Gasteiger partial charge in [0.2, 0.25) is 0 Å². The number of furan rings is 1. The zero-order chi connectivity index (χ0) is 25.7. The number of hydrogen-bond acceptors (Lipinski definition) is 2. The Balaban J connectivity index is 1.87. The summed E-state index contributed by atoms with van der Waals surface area (Å²) in [5.74, 6) is 0.605. The Bertz CT molecular complexity index is 1500. The fourth-order valence-electron chi connectivity index (χ4n) is 4.60. The molecule has 0 aliphatic rings. The summed E-state index contributed by atoms with van der Waals surface area (Å²) in [6.07, 6.45) is 1.62. The van der Waals surface area contributed by atoms with Crippen molar-refractivity contribution in [2.24, 2.45) is 0 Å². The van der Waals surface area contributed by atoms with Gasteiger partial charge in [0, 0.05) is 27.1 Å². The zero-order valence-electron chi connectivity index (χ0n) is 20.5. The van der Waals surface area contributed by atoms with Gasteiger partial charge in [-0.05, 0) is 28.8 Å². The van der Waals surface area contributed by atoms with Crippen LogP contribution in [0.3, 0.4) is 0 Å². The molecule has 0 unspecified atom stereocenters. The molecule has 4 aromatic carbocycles. The van der Waals surface area contributed by atoms with Gasteiger partial charge in [0.15, 0.2) is 7.14 Å². The first kappa shape index (κ1) is 24.3. The Morgan fingerprint density at radius 2 is 1.00 bits per heavy atom. The van der Waals surface area contributed by atoms with Crippen molar-refractivity contribution in [3.05, 3.63) is 181 Å². The summed E-state index contributed by atoms with van der Waals surface area (Å²) in [5, 5.41) is 1.95. The van der Waals surface area contributed by atoms with Gasteiger partial charge in [-0.15, -0.1) is 0 Å². The van der Waals surface area contributed by atoms with Gasteiger partial charge < -0.3 is 8.98 Å². The third-order valence-electron chi connectivity index (χ3n) is 6.40. The van der Waals surface area contributed by atoms with E-state index in [-0.39, 0.29) is 0 Å². The van der Waals surface area contributed by atoms with Crippen LogP contribution in [0.2, 0.25) is 0 Å². The third kappa shape index (κ3) is 4.72. The van der Waals surface area contributed by atoms with Crippen LogP contribution in [0, 0.1) is 0 Å². The van der Waals surface area contributed by atoms with Crippen LogP contribution in [0.4, 0.5) is 0 Å². The number of allylic oxidation sites excluding steroid dienone is 3. The van der Waals surface area contributed by atoms with Crippen molar-refractivity contribution in [2.75, 3.05) is 0 Å². The summed E-state index contributed by atoms with van der Waals surface area (Å²) in [5.41, 5.74) is 4.20. The van der Waals surface area contributed by atoms with Gasteiger partial charge >= 0.3 is 0 Å². The fourth-order valence-corrected chi connectivity index (χ4v) is 7.27. The van der Waals surface area contributed by atoms with Gasteiger partial charge in [0.25, 0.3) is 0 Å². The summed E-state index contributed by atoms with van der Waals surface area (Å²) in [6.45, 7) is 9.02. The molecule has 0 atom stereocenters. The molecule has 1 heterocycles. The van der Waals surface area contributed by atoms with Crippen molar-refractivity contribution >= 4 is 28.9 Å². The maximum absolute atomic E-state index is 15.4. The Kier molecular flexibility index (Phi) is 7.03. The van der Waals surface area contributed by atoms with Gasteiger partial charge in [0.1, 0.15) is 5.76 Å². The van der Waals surface area contributed by atoms with E-state index < -0.39 is 7.14 Å². The average molecular weight is 499 g/mol. The lowest BCUT2D eigenvalue weighted by Gasteiger charge is -2.27. The molecule has 37 heavy (non-hydrogen) atoms. The van der Waals surface area contributed by atoms with Crippen LogP contribution in [0.5, 0.6) is 0 Å². The first-order valence-electron chi connectivity index (χ1n) is 12.1. The normalized spacial score (nSPS) is 11.0. The van der Waals surface area contributed by atoms with Crippen LogP contribution in [0.1, 0.15) is 16.9 Å². The molecule has 0 fully saturated rings. The highest BCUT2D eigenvalue weighted by atomic mass is 31.2. The predicted molar refractivity (Wildman–Crippen MR) is 156 cm³/mol. The number of rotatable bonds is 8. The molecular formula is C34H27O2P. The second kappa shape index (κ2) is 10.7. The lowest BCUT2D eigenvalue weighted by molar-refractivity contribution is 0.554. The predicted octanol–water partition coefficient (Wildman–Crippen LogP) is 8.32. The average Bonchev–Trinajstić information content (AvgIpc) is 3.52. The van der Waals surface area contributed by atoms with E-state index >= 15 is 4.57 Å². The van der Waals surface area contributed by atoms with Crippen molar-refractivity contribution < 1.29 is 8.98 Å². The van der Waals surface area contributed by atoms with Crippen molar-refractivity contribution in [3.63, 3.8) is 0 Å². The van der Waals surface area contributed by atoms with E-state index in [9.17, 15) is 0 Å². The van der Waals surface area contributed by atoms with Crippen molar-refractivity contribution in [3.8, 4) is 0 Å². The Morgan fingerprint density at radius 1 is 0.568 bits per heavy atom. The van der Waals surface area contributed by atoms with Gasteiger partial charge in [-0.2, -0.15) is 0 Å².